The number of para-hydroxylation sites is 4. The molecule has 0 atom stereocenters. The Bertz CT molecular complexity index is 4160. The van der Waals surface area contributed by atoms with Crippen molar-refractivity contribution in [2.45, 2.75) is 0 Å². The van der Waals surface area contributed by atoms with Crippen molar-refractivity contribution >= 4 is 97.2 Å². The zero-order valence-electron chi connectivity index (χ0n) is 34.0. The average molecular weight is 837 g/mol. The summed E-state index contributed by atoms with van der Waals surface area (Å²) < 4.78 is 18.0. The van der Waals surface area contributed by atoms with E-state index in [0.29, 0.717) is 17.5 Å². The molecule has 0 fully saturated rings. The fraction of sp³-hybridized carbons (Fsp3) is 0. The molecule has 14 aromatic rings. The number of aromatic nitrogens is 4. The van der Waals surface area contributed by atoms with Crippen LogP contribution in [0.4, 0.5) is 0 Å². The molecular weight excluding hydrogens is 805 g/mol. The van der Waals surface area contributed by atoms with E-state index in [1.54, 1.807) is 0 Å². The summed E-state index contributed by atoms with van der Waals surface area (Å²) in [7, 11) is 0. The van der Waals surface area contributed by atoms with E-state index in [1.165, 1.54) is 47.5 Å². The molecule has 0 spiro atoms. The molecule has 0 aliphatic carbocycles. The number of rotatable bonds is 5. The van der Waals surface area contributed by atoms with Crippen LogP contribution in [0, 0.1) is 0 Å². The number of fused-ring (bicyclic) bond motifs is 12. The Labute approximate surface area is 368 Å². The summed E-state index contributed by atoms with van der Waals surface area (Å²) in [5.41, 5.74) is 11.6. The number of thiophene rings is 1. The van der Waals surface area contributed by atoms with E-state index in [2.05, 4.69) is 126 Å². The molecule has 0 aliphatic heterocycles. The van der Waals surface area contributed by atoms with Gasteiger partial charge in [0.1, 0.15) is 22.3 Å². The predicted octanol–water partition coefficient (Wildman–Crippen LogP) is 15.8. The number of benzene rings is 9. The largest absolute Gasteiger partial charge is 0.456 e. The molecule has 14 rings (SSSR count). The molecule has 0 saturated heterocycles. The lowest BCUT2D eigenvalue weighted by molar-refractivity contribution is 0.668. The van der Waals surface area contributed by atoms with Crippen LogP contribution in [0.15, 0.2) is 203 Å². The summed E-state index contributed by atoms with van der Waals surface area (Å²) in [5.74, 6) is 1.67. The van der Waals surface area contributed by atoms with Crippen molar-refractivity contribution in [3.05, 3.63) is 194 Å². The van der Waals surface area contributed by atoms with Crippen LogP contribution in [0.3, 0.4) is 0 Å². The topological polar surface area (TPSA) is 69.9 Å². The van der Waals surface area contributed by atoms with Gasteiger partial charge in [-0.1, -0.05) is 133 Å². The second-order valence-corrected chi connectivity index (χ2v) is 17.4. The van der Waals surface area contributed by atoms with Gasteiger partial charge in [-0.2, -0.15) is 0 Å². The first kappa shape index (κ1) is 35.2. The molecule has 0 saturated carbocycles. The van der Waals surface area contributed by atoms with Crippen molar-refractivity contribution in [3.8, 4) is 51.0 Å². The molecule has 0 radical (unpaired) electrons. The summed E-state index contributed by atoms with van der Waals surface area (Å²) in [6.45, 7) is 0. The summed E-state index contributed by atoms with van der Waals surface area (Å²) >= 11 is 1.84. The van der Waals surface area contributed by atoms with Crippen molar-refractivity contribution < 1.29 is 8.83 Å². The van der Waals surface area contributed by atoms with Crippen LogP contribution >= 0.6 is 11.3 Å². The van der Waals surface area contributed by atoms with Gasteiger partial charge in [-0.25, -0.2) is 15.0 Å². The summed E-state index contributed by atoms with van der Waals surface area (Å²) in [4.78, 5) is 15.5. The van der Waals surface area contributed by atoms with E-state index >= 15 is 0 Å². The highest BCUT2D eigenvalue weighted by molar-refractivity contribution is 7.26. The molecule has 6 nitrogen and oxygen atoms in total. The van der Waals surface area contributed by atoms with E-state index in [4.69, 9.17) is 23.8 Å². The molecule has 5 aromatic heterocycles. The zero-order valence-corrected chi connectivity index (χ0v) is 34.8. The summed E-state index contributed by atoms with van der Waals surface area (Å²) in [6.07, 6.45) is 0. The number of furan rings is 2. The van der Waals surface area contributed by atoms with Gasteiger partial charge < -0.3 is 13.4 Å². The fourth-order valence-corrected chi connectivity index (χ4v) is 11.0. The highest BCUT2D eigenvalue weighted by atomic mass is 32.1. The Morgan fingerprint density at radius 1 is 0.359 bits per heavy atom. The van der Waals surface area contributed by atoms with Crippen molar-refractivity contribution in [3.63, 3.8) is 0 Å². The maximum absolute atomic E-state index is 6.59. The molecule has 0 aliphatic rings. The molecule has 298 valence electrons. The van der Waals surface area contributed by atoms with Gasteiger partial charge in [0.15, 0.2) is 17.5 Å². The van der Waals surface area contributed by atoms with Crippen LogP contribution in [0.1, 0.15) is 0 Å². The van der Waals surface area contributed by atoms with E-state index in [9.17, 15) is 0 Å². The van der Waals surface area contributed by atoms with Crippen LogP contribution in [-0.2, 0) is 0 Å². The van der Waals surface area contributed by atoms with Gasteiger partial charge in [0, 0.05) is 69.3 Å². The third-order valence-corrected chi connectivity index (χ3v) is 13.8. The zero-order chi connectivity index (χ0) is 41.9. The van der Waals surface area contributed by atoms with Gasteiger partial charge in [-0.15, -0.1) is 11.3 Å². The molecular formula is C57H32N4O2S. The van der Waals surface area contributed by atoms with Crippen LogP contribution in [-0.4, -0.2) is 19.5 Å². The van der Waals surface area contributed by atoms with Crippen molar-refractivity contribution in [2.75, 3.05) is 0 Å². The molecule has 0 amide bonds. The maximum Gasteiger partial charge on any atom is 0.167 e. The Balaban J connectivity index is 0.944. The minimum absolute atomic E-state index is 0.538. The van der Waals surface area contributed by atoms with Gasteiger partial charge in [0.2, 0.25) is 0 Å². The normalized spacial score (nSPS) is 12.1. The van der Waals surface area contributed by atoms with Crippen molar-refractivity contribution in [2.24, 2.45) is 0 Å². The standard InChI is InChI=1S/C57H32N4O2S/c1-2-13-33(14-3-1)55-58-56(60-57(59-55)43-21-10-19-40-39-17-6-9-24-47(39)63-54(40)43)42-20-11-25-49-52(42)44-31-34(27-30-48(44)62-49)36-18-12-26-50-53(36)41-29-28-35(32-51(41)64-50)61-45-22-7-4-15-37(45)38-16-5-8-23-46(38)61/h1-32H. The molecule has 0 N–H and O–H groups in total. The molecule has 0 unspecified atom stereocenters. The highest BCUT2D eigenvalue weighted by Crippen LogP contribution is 2.44. The number of nitrogens with zero attached hydrogens (tertiary/aromatic N) is 4. The lowest BCUT2D eigenvalue weighted by atomic mass is 9.97. The smallest absolute Gasteiger partial charge is 0.167 e. The van der Waals surface area contributed by atoms with Gasteiger partial charge >= 0.3 is 0 Å². The monoisotopic (exact) mass is 836 g/mol. The molecule has 9 aromatic carbocycles. The molecule has 0 bridgehead atoms. The second-order valence-electron chi connectivity index (χ2n) is 16.3. The first-order valence-corrected chi connectivity index (χ1v) is 22.2. The minimum atomic E-state index is 0.538. The van der Waals surface area contributed by atoms with E-state index in [0.717, 1.165) is 71.8 Å². The first-order chi connectivity index (χ1) is 31.7. The van der Waals surface area contributed by atoms with Crippen LogP contribution in [0.25, 0.3) is 137 Å². The molecule has 5 heterocycles. The van der Waals surface area contributed by atoms with Crippen LogP contribution in [0.5, 0.6) is 0 Å². The summed E-state index contributed by atoms with van der Waals surface area (Å²) in [5, 5.41) is 9.03. The van der Waals surface area contributed by atoms with Crippen LogP contribution in [0.2, 0.25) is 0 Å². The van der Waals surface area contributed by atoms with Gasteiger partial charge in [-0.05, 0) is 71.8 Å². The Hall–Kier alpha value is -8.39. The Morgan fingerprint density at radius 2 is 1.00 bits per heavy atom. The maximum atomic E-state index is 6.59. The third-order valence-electron chi connectivity index (χ3n) is 12.7. The van der Waals surface area contributed by atoms with E-state index < -0.39 is 0 Å². The van der Waals surface area contributed by atoms with Crippen molar-refractivity contribution in [1.82, 2.24) is 19.5 Å². The lowest BCUT2D eigenvalue weighted by Gasteiger charge is -2.10. The number of hydrogen-bond donors (Lipinski definition) is 0. The Morgan fingerprint density at radius 3 is 1.84 bits per heavy atom. The van der Waals surface area contributed by atoms with Crippen LogP contribution < -0.4 is 0 Å². The minimum Gasteiger partial charge on any atom is -0.456 e. The van der Waals surface area contributed by atoms with E-state index in [-0.39, 0.29) is 0 Å². The first-order valence-electron chi connectivity index (χ1n) is 21.3. The summed E-state index contributed by atoms with van der Waals surface area (Å²) in [6, 6.07) is 67.9. The molecule has 7 heteroatoms. The Kier molecular flexibility index (Phi) is 7.46. The predicted molar refractivity (Wildman–Crippen MR) is 263 cm³/mol. The molecule has 64 heavy (non-hydrogen) atoms. The van der Waals surface area contributed by atoms with E-state index in [1.807, 2.05) is 84.1 Å². The third kappa shape index (κ3) is 5.22. The van der Waals surface area contributed by atoms with Crippen molar-refractivity contribution in [1.29, 1.82) is 0 Å². The SMILES string of the molecule is c1ccc(-c2nc(-c3cccc4c3oc3ccccc34)nc(-c3cccc4oc5ccc(-c6cccc7sc8cc(-n9c%10ccccc%10c%10ccccc%109)ccc8c67)cc5c34)n2)cc1. The van der Waals surface area contributed by atoms with Gasteiger partial charge in [0.05, 0.1) is 16.6 Å². The number of hydrogen-bond acceptors (Lipinski definition) is 6. The highest BCUT2D eigenvalue weighted by Gasteiger charge is 2.22. The lowest BCUT2D eigenvalue weighted by Crippen LogP contribution is -2.00. The fourth-order valence-electron chi connectivity index (χ4n) is 9.83. The van der Waals surface area contributed by atoms with Gasteiger partial charge in [-0.3, -0.25) is 0 Å². The second kappa shape index (κ2) is 13.6. The quantitative estimate of drug-likeness (QED) is 0.173. The van der Waals surface area contributed by atoms with Gasteiger partial charge in [0.25, 0.3) is 0 Å². The average Bonchev–Trinajstić information content (AvgIpc) is 4.12.